The lowest BCUT2D eigenvalue weighted by Gasteiger charge is -2.18. The van der Waals surface area contributed by atoms with Gasteiger partial charge in [0.05, 0.1) is 0 Å². The first-order valence-electron chi connectivity index (χ1n) is 32.3. The standard InChI is InChI=1S/C73H118O6/c1-4-7-10-13-16-19-22-25-27-29-31-32-33-34-35-36-37-38-39-40-42-43-45-48-51-54-57-60-63-66-72(75)78-69-70(68-77-71(74)65-62-59-56-53-50-47-24-21-18-15-12-9-6-3)79-73(76)67-64-61-58-55-52-49-46-44-41-30-28-26-23-20-17-14-11-8-5-2/h7,9-10,12,16,18-19,21,25,27,31-32,34-35,37-38,40,42,45,47-48,50,54,57,70H,4-6,8,11,13-15,17,20,22-24,26,28-30,33,36,39,41,43-44,46,49,51-53,55-56,58-69H2,1-3H3/b10-7-,12-9-,19-16-,21-18-,27-25-,32-31-,35-34-,38-37-,42-40-,48-45-,50-47-,57-54-. The molecule has 6 heteroatoms. The maximum atomic E-state index is 12.9. The lowest BCUT2D eigenvalue weighted by atomic mass is 10.0. The lowest BCUT2D eigenvalue weighted by Crippen LogP contribution is -2.30. The van der Waals surface area contributed by atoms with E-state index in [0.717, 1.165) is 128 Å². The third kappa shape index (κ3) is 64.0. The summed E-state index contributed by atoms with van der Waals surface area (Å²) in [5, 5.41) is 0. The van der Waals surface area contributed by atoms with E-state index < -0.39 is 6.10 Å². The van der Waals surface area contributed by atoms with Crippen molar-refractivity contribution in [2.75, 3.05) is 13.2 Å². The molecular weight excluding hydrogens is 973 g/mol. The van der Waals surface area contributed by atoms with Crippen molar-refractivity contribution in [3.63, 3.8) is 0 Å². The minimum absolute atomic E-state index is 0.114. The summed E-state index contributed by atoms with van der Waals surface area (Å²) in [5.41, 5.74) is 0. The lowest BCUT2D eigenvalue weighted by molar-refractivity contribution is -0.167. The molecule has 0 aliphatic rings. The summed E-state index contributed by atoms with van der Waals surface area (Å²) in [6.45, 7) is 6.35. The van der Waals surface area contributed by atoms with E-state index in [-0.39, 0.29) is 37.5 Å². The molecule has 79 heavy (non-hydrogen) atoms. The van der Waals surface area contributed by atoms with Crippen molar-refractivity contribution in [2.45, 2.75) is 284 Å². The van der Waals surface area contributed by atoms with Crippen molar-refractivity contribution in [1.82, 2.24) is 0 Å². The van der Waals surface area contributed by atoms with Gasteiger partial charge in [-0.15, -0.1) is 0 Å². The number of carbonyl (C=O) groups is 3. The first-order valence-corrected chi connectivity index (χ1v) is 32.3. The van der Waals surface area contributed by atoms with Gasteiger partial charge >= 0.3 is 17.9 Å². The van der Waals surface area contributed by atoms with Crippen LogP contribution in [0.4, 0.5) is 0 Å². The maximum absolute atomic E-state index is 12.9. The number of hydrogen-bond donors (Lipinski definition) is 0. The zero-order valence-corrected chi connectivity index (χ0v) is 51.1. The minimum Gasteiger partial charge on any atom is -0.462 e. The van der Waals surface area contributed by atoms with Gasteiger partial charge in [-0.1, -0.05) is 289 Å². The van der Waals surface area contributed by atoms with Gasteiger partial charge < -0.3 is 14.2 Å². The molecule has 0 aromatic carbocycles. The molecule has 0 saturated heterocycles. The van der Waals surface area contributed by atoms with Gasteiger partial charge in [-0.3, -0.25) is 14.4 Å². The van der Waals surface area contributed by atoms with Crippen LogP contribution in [0, 0.1) is 0 Å². The Morgan fingerprint density at radius 3 is 0.823 bits per heavy atom. The summed E-state index contributed by atoms with van der Waals surface area (Å²) in [6.07, 6.45) is 94.4. The highest BCUT2D eigenvalue weighted by molar-refractivity contribution is 5.71. The molecule has 6 nitrogen and oxygen atoms in total. The molecule has 0 amide bonds. The van der Waals surface area contributed by atoms with Crippen molar-refractivity contribution >= 4 is 17.9 Å². The highest BCUT2D eigenvalue weighted by atomic mass is 16.6. The fourth-order valence-electron chi connectivity index (χ4n) is 8.58. The van der Waals surface area contributed by atoms with Crippen molar-refractivity contribution in [3.05, 3.63) is 146 Å². The quantitative estimate of drug-likeness (QED) is 0.0261. The second kappa shape index (κ2) is 65.8. The van der Waals surface area contributed by atoms with Crippen LogP contribution in [-0.4, -0.2) is 37.2 Å². The molecule has 0 N–H and O–H groups in total. The Balaban J connectivity index is 4.45. The largest absolute Gasteiger partial charge is 0.462 e. The van der Waals surface area contributed by atoms with Gasteiger partial charge in [-0.25, -0.2) is 0 Å². The zero-order valence-electron chi connectivity index (χ0n) is 51.1. The SMILES string of the molecule is CC/C=C\C/C=C\C/C=C\C/C=C\C/C=C\C/C=C\C/C=C\C/C=C\C/C=C\CCCC(=O)OCC(COC(=O)CCCCC/C=C\C/C=C\C/C=C\CC)OC(=O)CCCCCCCCCCCCCCCCCCCCC. The maximum Gasteiger partial charge on any atom is 0.306 e. The Bertz CT molecular complexity index is 1730. The Labute approximate surface area is 487 Å². The van der Waals surface area contributed by atoms with Gasteiger partial charge in [0.15, 0.2) is 6.10 Å². The fourth-order valence-corrected chi connectivity index (χ4v) is 8.58. The highest BCUT2D eigenvalue weighted by Crippen LogP contribution is 2.16. The van der Waals surface area contributed by atoms with Crippen molar-refractivity contribution in [2.24, 2.45) is 0 Å². The van der Waals surface area contributed by atoms with Crippen LogP contribution in [0.3, 0.4) is 0 Å². The topological polar surface area (TPSA) is 78.9 Å². The van der Waals surface area contributed by atoms with Gasteiger partial charge in [0.2, 0.25) is 0 Å². The van der Waals surface area contributed by atoms with E-state index in [1.165, 1.54) is 103 Å². The van der Waals surface area contributed by atoms with Crippen LogP contribution in [0.2, 0.25) is 0 Å². The first kappa shape index (κ1) is 74.3. The number of ether oxygens (including phenoxy) is 3. The molecule has 0 fully saturated rings. The van der Waals surface area contributed by atoms with Crippen molar-refractivity contribution in [1.29, 1.82) is 0 Å². The molecule has 0 saturated carbocycles. The number of esters is 3. The smallest absolute Gasteiger partial charge is 0.306 e. The molecule has 1 unspecified atom stereocenters. The van der Waals surface area contributed by atoms with Crippen LogP contribution in [0.5, 0.6) is 0 Å². The molecular formula is C73H118O6. The molecule has 0 aromatic heterocycles. The number of carbonyl (C=O) groups excluding carboxylic acids is 3. The average Bonchev–Trinajstić information content (AvgIpc) is 3.45. The minimum atomic E-state index is -0.819. The Morgan fingerprint density at radius 1 is 0.266 bits per heavy atom. The van der Waals surface area contributed by atoms with E-state index in [2.05, 4.69) is 167 Å². The molecule has 0 heterocycles. The fraction of sp³-hybridized carbons (Fsp3) is 0.630. The summed E-state index contributed by atoms with van der Waals surface area (Å²) >= 11 is 0. The van der Waals surface area contributed by atoms with Crippen LogP contribution < -0.4 is 0 Å². The van der Waals surface area contributed by atoms with Crippen molar-refractivity contribution < 1.29 is 28.6 Å². The van der Waals surface area contributed by atoms with Crippen LogP contribution >= 0.6 is 0 Å². The zero-order chi connectivity index (χ0) is 57.1. The predicted molar refractivity (Wildman–Crippen MR) is 343 cm³/mol. The predicted octanol–water partition coefficient (Wildman–Crippen LogP) is 22.3. The molecule has 0 rings (SSSR count). The van der Waals surface area contributed by atoms with E-state index in [4.69, 9.17) is 14.2 Å². The summed E-state index contributed by atoms with van der Waals surface area (Å²) in [7, 11) is 0. The summed E-state index contributed by atoms with van der Waals surface area (Å²) in [4.78, 5) is 38.3. The second-order valence-electron chi connectivity index (χ2n) is 20.9. The van der Waals surface area contributed by atoms with Crippen molar-refractivity contribution in [3.8, 4) is 0 Å². The number of rotatable bonds is 57. The van der Waals surface area contributed by atoms with E-state index in [1.54, 1.807) is 0 Å². The van der Waals surface area contributed by atoms with Gasteiger partial charge in [0.1, 0.15) is 13.2 Å². The van der Waals surface area contributed by atoms with E-state index in [0.29, 0.717) is 19.3 Å². The highest BCUT2D eigenvalue weighted by Gasteiger charge is 2.19. The summed E-state index contributed by atoms with van der Waals surface area (Å²) in [5.74, 6) is -1.000. The van der Waals surface area contributed by atoms with Crippen LogP contribution in [0.25, 0.3) is 0 Å². The third-order valence-electron chi connectivity index (χ3n) is 13.3. The van der Waals surface area contributed by atoms with Crippen LogP contribution in [0.1, 0.15) is 278 Å². The summed E-state index contributed by atoms with van der Waals surface area (Å²) in [6, 6.07) is 0. The van der Waals surface area contributed by atoms with Gasteiger partial charge in [0, 0.05) is 19.3 Å². The molecule has 1 atom stereocenters. The van der Waals surface area contributed by atoms with E-state index in [9.17, 15) is 14.4 Å². The van der Waals surface area contributed by atoms with Gasteiger partial charge in [0.25, 0.3) is 0 Å². The number of unbranched alkanes of at least 4 members (excludes halogenated alkanes) is 22. The Morgan fingerprint density at radius 2 is 0.506 bits per heavy atom. The Hall–Kier alpha value is -4.71. The van der Waals surface area contributed by atoms with E-state index >= 15 is 0 Å². The van der Waals surface area contributed by atoms with Gasteiger partial charge in [-0.05, 0) is 116 Å². The molecule has 0 aliphatic carbocycles. The molecule has 0 bridgehead atoms. The van der Waals surface area contributed by atoms with Crippen LogP contribution in [0.15, 0.2) is 146 Å². The third-order valence-corrected chi connectivity index (χ3v) is 13.3. The Kier molecular flexibility index (Phi) is 61.9. The molecule has 446 valence electrons. The van der Waals surface area contributed by atoms with Crippen LogP contribution in [-0.2, 0) is 28.6 Å². The second-order valence-corrected chi connectivity index (χ2v) is 20.9. The number of allylic oxidation sites excluding steroid dienone is 24. The summed E-state index contributed by atoms with van der Waals surface area (Å²) < 4.78 is 16.8. The number of hydrogen-bond acceptors (Lipinski definition) is 6. The molecule has 0 aliphatic heterocycles. The monoisotopic (exact) mass is 1090 g/mol. The molecule has 0 radical (unpaired) electrons. The first-order chi connectivity index (χ1) is 39.0. The van der Waals surface area contributed by atoms with Gasteiger partial charge in [-0.2, -0.15) is 0 Å². The average molecular weight is 1090 g/mol. The molecule has 0 spiro atoms. The normalized spacial score (nSPS) is 13.1. The molecule has 0 aromatic rings. The van der Waals surface area contributed by atoms with E-state index in [1.807, 2.05) is 0 Å².